The van der Waals surface area contributed by atoms with Crippen LogP contribution in [0.15, 0.2) is 60.7 Å². The SMILES string of the molecule is C[C@@H](C(=O)NC(C)(C)C)N(Cc1ccc(F)cc1)C(=O)CN1C(=O)c2cccc3cccc1c23. The largest absolute Gasteiger partial charge is 0.350 e. The Morgan fingerprint density at radius 3 is 2.32 bits per heavy atom. The van der Waals surface area contributed by atoms with Crippen LogP contribution in [-0.2, 0) is 16.1 Å². The summed E-state index contributed by atoms with van der Waals surface area (Å²) in [6, 6.07) is 16.1. The number of rotatable bonds is 6. The predicted octanol–water partition coefficient (Wildman–Crippen LogP) is 4.27. The minimum atomic E-state index is -0.798. The van der Waals surface area contributed by atoms with Crippen LogP contribution < -0.4 is 10.2 Å². The zero-order valence-electron chi connectivity index (χ0n) is 19.8. The molecule has 1 heterocycles. The first-order chi connectivity index (χ1) is 16.0. The van der Waals surface area contributed by atoms with Gasteiger partial charge in [0.15, 0.2) is 0 Å². The number of benzene rings is 3. The van der Waals surface area contributed by atoms with E-state index < -0.39 is 11.6 Å². The van der Waals surface area contributed by atoms with Crippen molar-refractivity contribution in [1.29, 1.82) is 0 Å². The number of halogens is 1. The van der Waals surface area contributed by atoms with Crippen LogP contribution >= 0.6 is 0 Å². The minimum Gasteiger partial charge on any atom is -0.350 e. The van der Waals surface area contributed by atoms with E-state index in [9.17, 15) is 18.8 Å². The van der Waals surface area contributed by atoms with Gasteiger partial charge in [-0.05, 0) is 62.9 Å². The van der Waals surface area contributed by atoms with Crippen LogP contribution in [0.25, 0.3) is 10.8 Å². The van der Waals surface area contributed by atoms with Gasteiger partial charge >= 0.3 is 0 Å². The van der Waals surface area contributed by atoms with Gasteiger partial charge in [-0.1, -0.05) is 36.4 Å². The van der Waals surface area contributed by atoms with Crippen molar-refractivity contribution in [1.82, 2.24) is 10.2 Å². The average molecular weight is 462 g/mol. The average Bonchev–Trinajstić information content (AvgIpc) is 3.05. The van der Waals surface area contributed by atoms with Crippen molar-refractivity contribution in [2.75, 3.05) is 11.4 Å². The van der Waals surface area contributed by atoms with Crippen molar-refractivity contribution in [2.24, 2.45) is 0 Å². The third-order valence-electron chi connectivity index (χ3n) is 5.87. The van der Waals surface area contributed by atoms with Gasteiger partial charge in [0, 0.05) is 23.0 Å². The zero-order valence-corrected chi connectivity index (χ0v) is 19.8. The van der Waals surface area contributed by atoms with Crippen LogP contribution in [0.5, 0.6) is 0 Å². The van der Waals surface area contributed by atoms with E-state index in [0.717, 1.165) is 10.8 Å². The number of nitrogens with zero attached hydrogens (tertiary/aromatic N) is 2. The molecule has 0 aliphatic carbocycles. The summed E-state index contributed by atoms with van der Waals surface area (Å²) in [6.45, 7) is 7.15. The molecule has 1 atom stereocenters. The van der Waals surface area contributed by atoms with Crippen LogP contribution in [-0.4, -0.2) is 40.7 Å². The molecule has 0 radical (unpaired) electrons. The lowest BCUT2D eigenvalue weighted by molar-refractivity contribution is -0.140. The van der Waals surface area contributed by atoms with E-state index >= 15 is 0 Å². The smallest absolute Gasteiger partial charge is 0.259 e. The summed E-state index contributed by atoms with van der Waals surface area (Å²) in [5.74, 6) is -1.30. The van der Waals surface area contributed by atoms with Crippen molar-refractivity contribution in [3.63, 3.8) is 0 Å². The third kappa shape index (κ3) is 4.64. The van der Waals surface area contributed by atoms with Crippen molar-refractivity contribution in [2.45, 2.75) is 45.8 Å². The molecule has 0 unspecified atom stereocenters. The lowest BCUT2D eigenvalue weighted by atomic mass is 10.1. The molecule has 1 aliphatic heterocycles. The maximum absolute atomic E-state index is 13.6. The summed E-state index contributed by atoms with van der Waals surface area (Å²) in [4.78, 5) is 42.6. The lowest BCUT2D eigenvalue weighted by Crippen LogP contribution is -2.54. The van der Waals surface area contributed by atoms with E-state index in [2.05, 4.69) is 5.32 Å². The van der Waals surface area contributed by atoms with Gasteiger partial charge in [0.25, 0.3) is 5.91 Å². The van der Waals surface area contributed by atoms with E-state index in [4.69, 9.17) is 0 Å². The fourth-order valence-electron chi connectivity index (χ4n) is 4.21. The monoisotopic (exact) mass is 461 g/mol. The second kappa shape index (κ2) is 8.89. The molecule has 176 valence electrons. The molecular weight excluding hydrogens is 433 g/mol. The van der Waals surface area contributed by atoms with E-state index in [1.807, 2.05) is 51.1 Å². The van der Waals surface area contributed by atoms with Crippen LogP contribution in [0, 0.1) is 5.82 Å². The summed E-state index contributed by atoms with van der Waals surface area (Å²) >= 11 is 0. The maximum atomic E-state index is 13.6. The van der Waals surface area contributed by atoms with Crippen LogP contribution in [0.2, 0.25) is 0 Å². The highest BCUT2D eigenvalue weighted by atomic mass is 19.1. The lowest BCUT2D eigenvalue weighted by Gasteiger charge is -2.32. The number of hydrogen-bond donors (Lipinski definition) is 1. The molecule has 1 aliphatic rings. The first-order valence-corrected chi connectivity index (χ1v) is 11.2. The third-order valence-corrected chi connectivity index (χ3v) is 5.87. The minimum absolute atomic E-state index is 0.108. The molecule has 7 heteroatoms. The first kappa shape index (κ1) is 23.4. The van der Waals surface area contributed by atoms with E-state index in [1.165, 1.54) is 21.9 Å². The summed E-state index contributed by atoms with van der Waals surface area (Å²) in [5.41, 5.74) is 1.45. The molecule has 0 spiro atoms. The highest BCUT2D eigenvalue weighted by molar-refractivity contribution is 6.26. The molecule has 0 fully saturated rings. The summed E-state index contributed by atoms with van der Waals surface area (Å²) in [5, 5.41) is 4.66. The highest BCUT2D eigenvalue weighted by Gasteiger charge is 2.34. The Balaban J connectivity index is 1.63. The molecule has 3 aromatic carbocycles. The molecule has 0 saturated carbocycles. The summed E-state index contributed by atoms with van der Waals surface area (Å²) in [7, 11) is 0. The molecule has 6 nitrogen and oxygen atoms in total. The number of hydrogen-bond acceptors (Lipinski definition) is 3. The Morgan fingerprint density at radius 1 is 1.03 bits per heavy atom. The molecule has 0 saturated heterocycles. The number of amides is 3. The van der Waals surface area contributed by atoms with Gasteiger partial charge in [0.05, 0.1) is 5.69 Å². The Morgan fingerprint density at radius 2 is 1.68 bits per heavy atom. The van der Waals surface area contributed by atoms with Crippen molar-refractivity contribution in [3.8, 4) is 0 Å². The maximum Gasteiger partial charge on any atom is 0.259 e. The molecule has 0 aromatic heterocycles. The standard InChI is InChI=1S/C27H28FN3O3/c1-17(25(33)29-27(2,3)4)30(15-18-11-13-20(28)14-12-18)23(32)16-31-22-10-6-8-19-7-5-9-21(24(19)22)26(31)34/h5-14,17H,15-16H2,1-4H3,(H,29,33)/t17-/m0/s1. The normalized spacial score (nSPS) is 13.8. The Kier molecular flexibility index (Phi) is 6.13. The van der Waals surface area contributed by atoms with Crippen LogP contribution in [0.3, 0.4) is 0 Å². The number of nitrogens with one attached hydrogen (secondary N) is 1. The number of anilines is 1. The second-order valence-corrected chi connectivity index (χ2v) is 9.64. The van der Waals surface area contributed by atoms with Gasteiger partial charge in [-0.25, -0.2) is 4.39 Å². The molecule has 3 aromatic rings. The summed E-state index contributed by atoms with van der Waals surface area (Å²) in [6.07, 6.45) is 0. The van der Waals surface area contributed by atoms with E-state index in [0.29, 0.717) is 16.8 Å². The molecular formula is C27H28FN3O3. The highest BCUT2D eigenvalue weighted by Crippen LogP contribution is 2.37. The fourth-order valence-corrected chi connectivity index (χ4v) is 4.21. The zero-order chi connectivity index (χ0) is 24.6. The quantitative estimate of drug-likeness (QED) is 0.596. The van der Waals surface area contributed by atoms with E-state index in [-0.39, 0.29) is 36.6 Å². The van der Waals surface area contributed by atoms with Gasteiger partial charge < -0.3 is 10.2 Å². The topological polar surface area (TPSA) is 69.7 Å². The van der Waals surface area contributed by atoms with Gasteiger partial charge in [0.2, 0.25) is 11.8 Å². The second-order valence-electron chi connectivity index (χ2n) is 9.64. The van der Waals surface area contributed by atoms with Crippen molar-refractivity contribution < 1.29 is 18.8 Å². The number of carbonyl (C=O) groups excluding carboxylic acids is 3. The Labute approximate surface area is 198 Å². The van der Waals surface area contributed by atoms with Gasteiger partial charge in [0.1, 0.15) is 18.4 Å². The van der Waals surface area contributed by atoms with Gasteiger partial charge in [-0.2, -0.15) is 0 Å². The molecule has 34 heavy (non-hydrogen) atoms. The molecule has 3 amide bonds. The number of carbonyl (C=O) groups is 3. The summed E-state index contributed by atoms with van der Waals surface area (Å²) < 4.78 is 13.4. The van der Waals surface area contributed by atoms with E-state index in [1.54, 1.807) is 25.1 Å². The molecule has 4 rings (SSSR count). The fraction of sp³-hybridized carbons (Fsp3) is 0.296. The van der Waals surface area contributed by atoms with Crippen LogP contribution in [0.1, 0.15) is 43.6 Å². The Hall–Kier alpha value is -3.74. The predicted molar refractivity (Wildman–Crippen MR) is 130 cm³/mol. The van der Waals surface area contributed by atoms with Gasteiger partial charge in [-0.15, -0.1) is 0 Å². The van der Waals surface area contributed by atoms with Crippen LogP contribution in [0.4, 0.5) is 10.1 Å². The van der Waals surface area contributed by atoms with Crippen molar-refractivity contribution in [3.05, 3.63) is 77.6 Å². The van der Waals surface area contributed by atoms with Gasteiger partial charge in [-0.3, -0.25) is 19.3 Å². The first-order valence-electron chi connectivity index (χ1n) is 11.2. The molecule has 0 bridgehead atoms. The Bertz CT molecular complexity index is 1260. The van der Waals surface area contributed by atoms with Crippen molar-refractivity contribution >= 4 is 34.2 Å². The molecule has 1 N–H and O–H groups in total.